The Morgan fingerprint density at radius 1 is 1.17 bits per heavy atom. The highest BCUT2D eigenvalue weighted by Gasteiger charge is 2.23. The van der Waals surface area contributed by atoms with Crippen molar-refractivity contribution in [3.63, 3.8) is 0 Å². The Morgan fingerprint density at radius 2 is 1.88 bits per heavy atom. The molecule has 24 heavy (non-hydrogen) atoms. The van der Waals surface area contributed by atoms with Crippen molar-refractivity contribution in [2.75, 3.05) is 13.1 Å². The first kappa shape index (κ1) is 16.4. The predicted molar refractivity (Wildman–Crippen MR) is 92.8 cm³/mol. The summed E-state index contributed by atoms with van der Waals surface area (Å²) in [5.74, 6) is 0.648. The van der Waals surface area contributed by atoms with E-state index in [1.165, 1.54) is 11.6 Å². The number of aryl methyl sites for hydroxylation is 1. The Bertz CT molecular complexity index is 747. The number of rotatable bonds is 4. The lowest BCUT2D eigenvalue weighted by molar-refractivity contribution is -0.132. The number of hydrogen-bond donors (Lipinski definition) is 0. The molecule has 0 radical (unpaired) electrons. The minimum absolute atomic E-state index is 0.0424. The van der Waals surface area contributed by atoms with Crippen LogP contribution in [-0.2, 0) is 11.3 Å². The van der Waals surface area contributed by atoms with Crippen LogP contribution in [0.3, 0.4) is 0 Å². The molecule has 1 aliphatic heterocycles. The molecule has 0 aliphatic carbocycles. The van der Waals surface area contributed by atoms with Crippen LogP contribution in [0.2, 0.25) is 0 Å². The highest BCUT2D eigenvalue weighted by atomic mass is 16.2. The van der Waals surface area contributed by atoms with Gasteiger partial charge in [0.1, 0.15) is 0 Å². The van der Waals surface area contributed by atoms with Gasteiger partial charge >= 0.3 is 0 Å². The Hall–Kier alpha value is -2.43. The van der Waals surface area contributed by atoms with Gasteiger partial charge in [0.15, 0.2) is 0 Å². The first-order valence-electron chi connectivity index (χ1n) is 8.49. The molecule has 3 rings (SSSR count). The lowest BCUT2D eigenvalue weighted by Crippen LogP contribution is -2.38. The van der Waals surface area contributed by atoms with Crippen molar-refractivity contribution in [2.24, 2.45) is 0 Å². The second-order valence-corrected chi connectivity index (χ2v) is 6.34. The zero-order valence-electron chi connectivity index (χ0n) is 14.0. The quantitative estimate of drug-likeness (QED) is 0.867. The van der Waals surface area contributed by atoms with E-state index < -0.39 is 0 Å². The molecule has 0 bridgehead atoms. The highest BCUT2D eigenvalue weighted by molar-refractivity contribution is 5.76. The molecule has 1 aliphatic rings. The van der Waals surface area contributed by atoms with Gasteiger partial charge in [-0.25, -0.2) is 0 Å². The lowest BCUT2D eigenvalue weighted by atomic mass is 9.90. The van der Waals surface area contributed by atoms with Crippen molar-refractivity contribution in [3.05, 3.63) is 64.3 Å². The molecule has 0 saturated carbocycles. The van der Waals surface area contributed by atoms with Crippen LogP contribution in [0.1, 0.15) is 36.4 Å². The highest BCUT2D eigenvalue weighted by Crippen LogP contribution is 2.27. The largest absolute Gasteiger partial charge is 0.343 e. The Balaban J connectivity index is 1.53. The van der Waals surface area contributed by atoms with Gasteiger partial charge in [-0.3, -0.25) is 14.6 Å². The van der Waals surface area contributed by atoms with Gasteiger partial charge in [-0.2, -0.15) is 0 Å². The molecule has 0 aromatic carbocycles. The number of carbonyl (C=O) groups excluding carboxylic acids is 1. The van der Waals surface area contributed by atoms with E-state index in [1.807, 2.05) is 30.3 Å². The van der Waals surface area contributed by atoms with Gasteiger partial charge in [0.2, 0.25) is 5.91 Å². The third-order valence-corrected chi connectivity index (χ3v) is 4.84. The molecule has 0 spiro atoms. The fourth-order valence-corrected chi connectivity index (χ4v) is 3.37. The van der Waals surface area contributed by atoms with E-state index in [4.69, 9.17) is 0 Å². The average molecular weight is 325 g/mol. The Morgan fingerprint density at radius 3 is 2.54 bits per heavy atom. The smallest absolute Gasteiger partial charge is 0.250 e. The summed E-state index contributed by atoms with van der Waals surface area (Å²) in [5, 5.41) is 0. The number of amides is 1. The Kier molecular flexibility index (Phi) is 5.08. The van der Waals surface area contributed by atoms with E-state index in [-0.39, 0.29) is 11.5 Å². The first-order valence-corrected chi connectivity index (χ1v) is 8.49. The van der Waals surface area contributed by atoms with E-state index in [0.29, 0.717) is 18.9 Å². The molecule has 1 fully saturated rings. The van der Waals surface area contributed by atoms with E-state index >= 15 is 0 Å². The number of nitrogens with zero attached hydrogens (tertiary/aromatic N) is 3. The van der Waals surface area contributed by atoms with Gasteiger partial charge in [-0.1, -0.05) is 6.07 Å². The zero-order chi connectivity index (χ0) is 16.9. The van der Waals surface area contributed by atoms with E-state index in [2.05, 4.69) is 17.1 Å². The van der Waals surface area contributed by atoms with Crippen LogP contribution in [-0.4, -0.2) is 33.4 Å². The maximum atomic E-state index is 12.4. The Labute approximate surface area is 141 Å². The van der Waals surface area contributed by atoms with Gasteiger partial charge in [0, 0.05) is 50.2 Å². The standard InChI is InChI=1S/C19H23N3O2/c1-15-3-2-4-19(24)22(15)14-9-18(23)21-12-7-17(8-13-21)16-5-10-20-11-6-16/h2-6,10-11,17H,7-9,12-14H2,1H3. The molecular weight excluding hydrogens is 302 g/mol. The molecule has 1 amide bonds. The van der Waals surface area contributed by atoms with Crippen LogP contribution in [0.15, 0.2) is 47.5 Å². The fraction of sp³-hybridized carbons (Fsp3) is 0.421. The van der Waals surface area contributed by atoms with Gasteiger partial charge in [-0.15, -0.1) is 0 Å². The third-order valence-electron chi connectivity index (χ3n) is 4.84. The molecule has 3 heterocycles. The van der Waals surface area contributed by atoms with E-state index in [9.17, 15) is 9.59 Å². The lowest BCUT2D eigenvalue weighted by Gasteiger charge is -2.32. The molecule has 0 unspecified atom stereocenters. The van der Waals surface area contributed by atoms with Crippen LogP contribution >= 0.6 is 0 Å². The normalized spacial score (nSPS) is 15.5. The van der Waals surface area contributed by atoms with E-state index in [1.54, 1.807) is 10.6 Å². The molecule has 2 aromatic heterocycles. The molecule has 0 atom stereocenters. The second kappa shape index (κ2) is 7.43. The molecule has 126 valence electrons. The van der Waals surface area contributed by atoms with Crippen molar-refractivity contribution in [3.8, 4) is 0 Å². The summed E-state index contributed by atoms with van der Waals surface area (Å²) >= 11 is 0. The molecule has 2 aromatic rings. The van der Waals surface area contributed by atoms with Crippen molar-refractivity contribution in [1.29, 1.82) is 0 Å². The van der Waals surface area contributed by atoms with E-state index in [0.717, 1.165) is 31.6 Å². The van der Waals surface area contributed by atoms with Crippen LogP contribution in [0.25, 0.3) is 0 Å². The molecule has 1 saturated heterocycles. The molecular formula is C19H23N3O2. The monoisotopic (exact) mass is 325 g/mol. The number of piperidine rings is 1. The summed E-state index contributed by atoms with van der Waals surface area (Å²) in [5.41, 5.74) is 2.16. The van der Waals surface area contributed by atoms with Crippen molar-refractivity contribution >= 4 is 5.91 Å². The molecule has 5 nitrogen and oxygen atoms in total. The van der Waals surface area contributed by atoms with Gasteiger partial charge < -0.3 is 9.47 Å². The third kappa shape index (κ3) is 3.72. The number of carbonyl (C=O) groups is 1. The maximum Gasteiger partial charge on any atom is 0.250 e. The van der Waals surface area contributed by atoms with Crippen molar-refractivity contribution in [1.82, 2.24) is 14.5 Å². The predicted octanol–water partition coefficient (Wildman–Crippen LogP) is 2.35. The summed E-state index contributed by atoms with van der Waals surface area (Å²) in [7, 11) is 0. The van der Waals surface area contributed by atoms with Crippen LogP contribution < -0.4 is 5.56 Å². The van der Waals surface area contributed by atoms with Crippen molar-refractivity contribution < 1.29 is 4.79 Å². The molecule has 5 heteroatoms. The minimum atomic E-state index is -0.0424. The average Bonchev–Trinajstić information content (AvgIpc) is 2.62. The number of aromatic nitrogens is 2. The summed E-state index contributed by atoms with van der Waals surface area (Å²) in [6, 6.07) is 9.31. The van der Waals surface area contributed by atoms with Crippen LogP contribution in [0.4, 0.5) is 0 Å². The number of pyridine rings is 2. The summed E-state index contributed by atoms with van der Waals surface area (Å²) in [6.45, 7) is 3.92. The fourth-order valence-electron chi connectivity index (χ4n) is 3.37. The number of likely N-dealkylation sites (tertiary alicyclic amines) is 1. The van der Waals surface area contributed by atoms with Crippen LogP contribution in [0, 0.1) is 6.92 Å². The topological polar surface area (TPSA) is 55.2 Å². The van der Waals surface area contributed by atoms with Crippen molar-refractivity contribution in [2.45, 2.75) is 38.6 Å². The zero-order valence-corrected chi connectivity index (χ0v) is 14.0. The summed E-state index contributed by atoms with van der Waals surface area (Å²) in [4.78, 5) is 30.3. The molecule has 0 N–H and O–H groups in total. The van der Waals surface area contributed by atoms with Gasteiger partial charge in [0.25, 0.3) is 5.56 Å². The summed E-state index contributed by atoms with van der Waals surface area (Å²) < 4.78 is 1.67. The summed E-state index contributed by atoms with van der Waals surface area (Å²) in [6.07, 6.45) is 6.00. The second-order valence-electron chi connectivity index (χ2n) is 6.34. The van der Waals surface area contributed by atoms with Gasteiger partial charge in [0.05, 0.1) is 0 Å². The first-order chi connectivity index (χ1) is 11.6. The number of hydrogen-bond acceptors (Lipinski definition) is 3. The maximum absolute atomic E-state index is 12.4. The minimum Gasteiger partial charge on any atom is -0.343 e. The van der Waals surface area contributed by atoms with Gasteiger partial charge in [-0.05, 0) is 49.4 Å². The van der Waals surface area contributed by atoms with Crippen LogP contribution in [0.5, 0.6) is 0 Å². The SMILES string of the molecule is Cc1cccc(=O)n1CCC(=O)N1CCC(c2ccncc2)CC1.